The van der Waals surface area contributed by atoms with Gasteiger partial charge in [0.05, 0.1) is 18.1 Å². The van der Waals surface area contributed by atoms with Gasteiger partial charge in [-0.3, -0.25) is 9.59 Å². The van der Waals surface area contributed by atoms with Crippen molar-refractivity contribution in [3.05, 3.63) is 35.1 Å². The lowest BCUT2D eigenvalue weighted by Crippen LogP contribution is -2.74. The molecule has 1 amide bonds. The molecule has 1 aromatic rings. The molecule has 2 aliphatic heterocycles. The number of carbonyl (C=O) groups excluding carboxylic acids is 3. The second kappa shape index (κ2) is 10.9. The molecule has 5 rings (SSSR count). The number of likely N-dealkylation sites (N-methyl/N-ethyl adjacent to an activating group) is 1. The van der Waals surface area contributed by atoms with Crippen LogP contribution in [0, 0.1) is 0 Å². The molecule has 228 valence electrons. The van der Waals surface area contributed by atoms with Gasteiger partial charge in [0.15, 0.2) is 23.7 Å². The third-order valence-electron chi connectivity index (χ3n) is 9.13. The number of hydrogen-bond acceptors (Lipinski definition) is 11. The summed E-state index contributed by atoms with van der Waals surface area (Å²) in [5.41, 5.74) is 5.35. The maximum atomic E-state index is 13.1. The van der Waals surface area contributed by atoms with Crippen LogP contribution in [0.25, 0.3) is 0 Å². The van der Waals surface area contributed by atoms with Crippen LogP contribution in [0.1, 0.15) is 50.7 Å². The van der Waals surface area contributed by atoms with Gasteiger partial charge in [-0.2, -0.15) is 0 Å². The summed E-state index contributed by atoms with van der Waals surface area (Å²) in [7, 11) is 3.55. The summed E-state index contributed by atoms with van der Waals surface area (Å²) in [4.78, 5) is 50.8. The van der Waals surface area contributed by atoms with Gasteiger partial charge in [-0.25, -0.2) is 9.59 Å². The van der Waals surface area contributed by atoms with Crippen molar-refractivity contribution in [2.45, 2.75) is 87.3 Å². The fourth-order valence-corrected chi connectivity index (χ4v) is 6.89. The van der Waals surface area contributed by atoms with Gasteiger partial charge in [0, 0.05) is 24.4 Å². The summed E-state index contributed by atoms with van der Waals surface area (Å²) in [5.74, 6) is -2.21. The zero-order valence-electron chi connectivity index (χ0n) is 24.0. The molecular weight excluding hydrogens is 550 g/mol. The Morgan fingerprint density at radius 2 is 1.98 bits per heavy atom. The van der Waals surface area contributed by atoms with E-state index in [0.717, 1.165) is 11.1 Å². The van der Waals surface area contributed by atoms with Crippen molar-refractivity contribution in [3.63, 3.8) is 0 Å². The number of carbonyl (C=O) groups is 4. The van der Waals surface area contributed by atoms with Crippen molar-refractivity contribution in [2.24, 2.45) is 5.73 Å². The maximum Gasteiger partial charge on any atom is 0.352 e. The number of benzene rings is 1. The minimum Gasteiger partial charge on any atom is -0.493 e. The highest BCUT2D eigenvalue weighted by atomic mass is 16.6. The Morgan fingerprint density at radius 1 is 1.24 bits per heavy atom. The molecule has 1 spiro atoms. The van der Waals surface area contributed by atoms with Crippen LogP contribution in [-0.4, -0.2) is 95.6 Å². The minimum atomic E-state index is -1.32. The average molecular weight is 588 g/mol. The number of amides is 1. The third-order valence-corrected chi connectivity index (χ3v) is 9.13. The monoisotopic (exact) mass is 587 g/mol. The number of nitrogens with two attached hydrogens (primary N) is 1. The van der Waals surface area contributed by atoms with Crippen molar-refractivity contribution in [3.8, 4) is 11.5 Å². The van der Waals surface area contributed by atoms with Crippen molar-refractivity contribution in [1.82, 2.24) is 10.2 Å². The van der Waals surface area contributed by atoms with Gasteiger partial charge in [-0.05, 0) is 64.4 Å². The van der Waals surface area contributed by atoms with E-state index in [1.165, 1.54) is 13.8 Å². The summed E-state index contributed by atoms with van der Waals surface area (Å²) < 4.78 is 23.1. The highest BCUT2D eigenvalue weighted by molar-refractivity contribution is 5.86. The lowest BCUT2D eigenvalue weighted by Gasteiger charge is -2.61. The summed E-state index contributed by atoms with van der Waals surface area (Å²) in [6.45, 7) is 3.45. The predicted molar refractivity (Wildman–Crippen MR) is 146 cm³/mol. The molecule has 2 aliphatic carbocycles. The fourth-order valence-electron chi connectivity index (χ4n) is 6.89. The topological polar surface area (TPSA) is 187 Å². The first kappa shape index (κ1) is 29.8. The summed E-state index contributed by atoms with van der Waals surface area (Å²) in [5, 5.41) is 23.5. The number of aliphatic carboxylic acids is 1. The molecule has 0 radical (unpaired) electrons. The number of piperidine rings is 1. The first-order valence-corrected chi connectivity index (χ1v) is 14.0. The number of hydrogen-bond donors (Lipinski definition) is 4. The normalized spacial score (nSPS) is 29.1. The van der Waals surface area contributed by atoms with Gasteiger partial charge in [0.1, 0.15) is 17.8 Å². The summed E-state index contributed by atoms with van der Waals surface area (Å²) >= 11 is 0. The van der Waals surface area contributed by atoms with Crippen LogP contribution in [-0.2, 0) is 40.5 Å². The Balaban J connectivity index is 1.29. The summed E-state index contributed by atoms with van der Waals surface area (Å²) in [6.07, 6.45) is 0.726. The van der Waals surface area contributed by atoms with Crippen molar-refractivity contribution in [2.75, 3.05) is 20.7 Å². The van der Waals surface area contributed by atoms with E-state index in [1.807, 2.05) is 19.2 Å². The largest absolute Gasteiger partial charge is 0.493 e. The van der Waals surface area contributed by atoms with Gasteiger partial charge in [-0.15, -0.1) is 0 Å². The van der Waals surface area contributed by atoms with Gasteiger partial charge in [-0.1, -0.05) is 6.07 Å². The molecule has 13 nitrogen and oxygen atoms in total. The minimum absolute atomic E-state index is 0.102. The van der Waals surface area contributed by atoms with Crippen LogP contribution < -0.4 is 20.5 Å². The van der Waals surface area contributed by atoms with Crippen LogP contribution >= 0.6 is 0 Å². The van der Waals surface area contributed by atoms with E-state index in [1.54, 1.807) is 13.2 Å². The van der Waals surface area contributed by atoms with E-state index in [9.17, 15) is 24.3 Å². The van der Waals surface area contributed by atoms with Crippen LogP contribution in [0.5, 0.6) is 11.5 Å². The molecule has 2 bridgehead atoms. The number of nitrogens with zero attached hydrogens (tertiary/aromatic N) is 1. The van der Waals surface area contributed by atoms with Crippen LogP contribution in [0.3, 0.4) is 0 Å². The quantitative estimate of drug-likeness (QED) is 0.272. The zero-order chi connectivity index (χ0) is 30.6. The molecule has 0 unspecified atom stereocenters. The highest BCUT2D eigenvalue weighted by Gasteiger charge is 2.72. The van der Waals surface area contributed by atoms with Crippen LogP contribution in [0.4, 0.5) is 0 Å². The van der Waals surface area contributed by atoms with Gasteiger partial charge >= 0.3 is 17.9 Å². The Kier molecular flexibility index (Phi) is 7.71. The van der Waals surface area contributed by atoms with Crippen LogP contribution in [0.15, 0.2) is 24.0 Å². The van der Waals surface area contributed by atoms with Gasteiger partial charge in [0.25, 0.3) is 0 Å². The van der Waals surface area contributed by atoms with Crippen molar-refractivity contribution in [1.29, 1.82) is 0 Å². The Morgan fingerprint density at radius 3 is 2.67 bits per heavy atom. The smallest absolute Gasteiger partial charge is 0.352 e. The number of carboxylic acid groups (broad SMARTS) is 1. The molecule has 1 aromatic carbocycles. The Bertz CT molecular complexity index is 1350. The number of carboxylic acids is 1. The summed E-state index contributed by atoms with van der Waals surface area (Å²) in [6, 6.07) is 1.39. The molecule has 0 saturated carbocycles. The molecule has 13 heteroatoms. The molecule has 7 atom stereocenters. The molecule has 0 aromatic heterocycles. The Labute approximate surface area is 242 Å². The number of aliphatic hydroxyl groups is 1. The van der Waals surface area contributed by atoms with E-state index in [2.05, 4.69) is 10.2 Å². The number of methoxy groups -OCH3 is 1. The highest BCUT2D eigenvalue weighted by Crippen LogP contribution is 2.65. The van der Waals surface area contributed by atoms with Crippen molar-refractivity contribution >= 4 is 23.8 Å². The molecule has 42 heavy (non-hydrogen) atoms. The second-order valence-electron chi connectivity index (χ2n) is 11.6. The van der Waals surface area contributed by atoms with E-state index in [-0.39, 0.29) is 31.1 Å². The molecule has 4 aliphatic rings. The molecule has 1 fully saturated rings. The second-order valence-corrected chi connectivity index (χ2v) is 11.6. The number of esters is 2. The van der Waals surface area contributed by atoms with E-state index < -0.39 is 59.1 Å². The Hall–Kier alpha value is -3.68. The number of rotatable bonds is 10. The van der Waals surface area contributed by atoms with E-state index in [0.29, 0.717) is 30.9 Å². The zero-order valence-corrected chi connectivity index (χ0v) is 24.0. The number of nitrogens with one attached hydrogen (secondary N) is 1. The third kappa shape index (κ3) is 4.59. The van der Waals surface area contributed by atoms with E-state index >= 15 is 0 Å². The van der Waals surface area contributed by atoms with Crippen molar-refractivity contribution < 1.29 is 48.3 Å². The van der Waals surface area contributed by atoms with E-state index in [4.69, 9.17) is 29.8 Å². The fraction of sp³-hybridized carbons (Fsp3) is 0.586. The lowest BCUT2D eigenvalue weighted by molar-refractivity contribution is -0.176. The predicted octanol–water partition coefficient (Wildman–Crippen LogP) is 0.145. The van der Waals surface area contributed by atoms with Gasteiger partial charge < -0.3 is 45.1 Å². The lowest BCUT2D eigenvalue weighted by atomic mass is 9.50. The maximum absolute atomic E-state index is 13.1. The molecular formula is C29H37N3O10. The molecule has 1 saturated heterocycles. The van der Waals surface area contributed by atoms with Crippen LogP contribution in [0.2, 0.25) is 0 Å². The number of ether oxygens (including phenoxy) is 4. The first-order chi connectivity index (χ1) is 19.8. The molecule has 5 N–H and O–H groups in total. The SMILES string of the molecule is COc1ccc2c3c1O[C@@H]1C(OC(=O)[C@H](C)OC(=O)[C@H](C)NC(=O)CC[C@H](N)C(=O)O)=CC[C@]4(O)[C@H](C2)N(C)CC[C@@]314. The average Bonchev–Trinajstić information content (AvgIpc) is 3.30. The number of likely N-dealkylation sites (tertiary alicyclic amines) is 1. The standard InChI is InChI=1S/C29H37N3O10/c1-14(31-21(33)8-6-17(30)25(34)35)26(36)40-15(2)27(37)41-19-9-10-29(38)20-13-16-5-7-18(39-4)23-22(16)28(29,24(19)42-23)11-12-32(20)3/h5,7,9,14-15,17,20,24,38H,6,8,10-13,30H2,1-4H3,(H,31,33)(H,34,35)/t14-,15-,17-,20-,24+,28+,29-/m0/s1. The van der Waals surface area contributed by atoms with Gasteiger partial charge in [0.2, 0.25) is 5.91 Å². The first-order valence-electron chi connectivity index (χ1n) is 14.0. The molecule has 2 heterocycles.